The van der Waals surface area contributed by atoms with Gasteiger partial charge in [0.1, 0.15) is 12.2 Å². The van der Waals surface area contributed by atoms with Crippen molar-refractivity contribution in [2.75, 3.05) is 13.1 Å². The highest BCUT2D eigenvalue weighted by molar-refractivity contribution is 6.30. The van der Waals surface area contributed by atoms with Crippen molar-refractivity contribution in [3.05, 3.63) is 64.9 Å². The Labute approximate surface area is 235 Å². The number of hydrogen-bond acceptors (Lipinski definition) is 5. The van der Waals surface area contributed by atoms with E-state index in [1.807, 2.05) is 48.7 Å². The van der Waals surface area contributed by atoms with E-state index < -0.39 is 0 Å². The van der Waals surface area contributed by atoms with Crippen molar-refractivity contribution in [3.8, 4) is 0 Å². The van der Waals surface area contributed by atoms with Gasteiger partial charge in [0, 0.05) is 17.6 Å². The number of nitrogens with one attached hydrogen (secondary N) is 1. The quantitative estimate of drug-likeness (QED) is 0.328. The highest BCUT2D eigenvalue weighted by Gasteiger charge is 2.33. The zero-order valence-electron chi connectivity index (χ0n) is 23.7. The van der Waals surface area contributed by atoms with Crippen molar-refractivity contribution in [2.24, 2.45) is 17.8 Å². The van der Waals surface area contributed by atoms with E-state index in [-0.39, 0.29) is 24.3 Å². The maximum atomic E-state index is 11.7. The summed E-state index contributed by atoms with van der Waals surface area (Å²) in [5.41, 5.74) is 2.04. The smallest absolute Gasteiger partial charge is 0.306 e. The van der Waals surface area contributed by atoms with Crippen LogP contribution in [0, 0.1) is 17.8 Å². The van der Waals surface area contributed by atoms with E-state index in [1.165, 1.54) is 12.8 Å². The molecule has 1 aliphatic heterocycles. The number of nitrogens with zero attached hydrogens (tertiary/aromatic N) is 1. The first-order chi connectivity index (χ1) is 18.4. The predicted octanol–water partition coefficient (Wildman–Crippen LogP) is 7.77. The van der Waals surface area contributed by atoms with E-state index in [1.54, 1.807) is 0 Å². The second kappa shape index (κ2) is 16.2. The predicted molar refractivity (Wildman–Crippen MR) is 155 cm³/mol. The summed E-state index contributed by atoms with van der Waals surface area (Å²) >= 11 is 5.99. The minimum Gasteiger partial charge on any atom is -0.462 e. The van der Waals surface area contributed by atoms with Gasteiger partial charge in [-0.05, 0) is 92.8 Å². The first-order valence-corrected chi connectivity index (χ1v) is 15.0. The van der Waals surface area contributed by atoms with E-state index in [4.69, 9.17) is 21.1 Å². The molecule has 1 saturated carbocycles. The highest BCUT2D eigenvalue weighted by Crippen LogP contribution is 2.35. The van der Waals surface area contributed by atoms with Crippen LogP contribution in [0.5, 0.6) is 0 Å². The number of hydrogen-bond donors (Lipinski definition) is 1. The van der Waals surface area contributed by atoms with E-state index in [2.05, 4.69) is 38.0 Å². The van der Waals surface area contributed by atoms with Crippen LogP contribution in [0.4, 0.5) is 0 Å². The summed E-state index contributed by atoms with van der Waals surface area (Å²) in [5.74, 6) is 1.90. The van der Waals surface area contributed by atoms with E-state index >= 15 is 0 Å². The second-order valence-corrected chi connectivity index (χ2v) is 11.7. The molecule has 1 aliphatic carbocycles. The summed E-state index contributed by atoms with van der Waals surface area (Å²) < 4.78 is 12.1. The Morgan fingerprint density at radius 2 is 1.82 bits per heavy atom. The fourth-order valence-electron chi connectivity index (χ4n) is 5.41. The number of ether oxygens (including phenoxy) is 2. The average Bonchev–Trinajstić information content (AvgIpc) is 2.92. The van der Waals surface area contributed by atoms with Crippen molar-refractivity contribution in [1.29, 1.82) is 0 Å². The summed E-state index contributed by atoms with van der Waals surface area (Å²) in [7, 11) is 0. The number of pyridine rings is 1. The third-order valence-corrected chi connectivity index (χ3v) is 7.97. The van der Waals surface area contributed by atoms with Crippen LogP contribution < -0.4 is 5.32 Å². The minimum absolute atomic E-state index is 0.0107. The molecule has 0 amide bonds. The summed E-state index contributed by atoms with van der Waals surface area (Å²) in [6.07, 6.45) is 10.3. The van der Waals surface area contributed by atoms with Crippen LogP contribution in [-0.2, 0) is 14.3 Å². The van der Waals surface area contributed by atoms with Gasteiger partial charge in [-0.3, -0.25) is 9.78 Å². The van der Waals surface area contributed by atoms with Crippen LogP contribution in [0.2, 0.25) is 5.02 Å². The maximum absolute atomic E-state index is 11.7. The molecular formula is C32H47ClN2O3. The van der Waals surface area contributed by atoms with Gasteiger partial charge >= 0.3 is 5.97 Å². The lowest BCUT2D eigenvalue weighted by Gasteiger charge is -2.36. The molecule has 1 saturated heterocycles. The molecule has 4 rings (SSSR count). The lowest BCUT2D eigenvalue weighted by molar-refractivity contribution is -0.156. The number of halogens is 1. The number of esters is 1. The molecule has 4 atom stereocenters. The normalized spacial score (nSPS) is 22.8. The molecule has 0 spiro atoms. The highest BCUT2D eigenvalue weighted by atomic mass is 35.5. The third-order valence-electron chi connectivity index (χ3n) is 7.72. The molecule has 2 aliphatic rings. The molecular weight excluding hydrogens is 496 g/mol. The summed E-state index contributed by atoms with van der Waals surface area (Å²) in [6, 6.07) is 13.8. The number of unbranched alkanes of at least 4 members (excludes halogenated alkanes) is 1. The van der Waals surface area contributed by atoms with Gasteiger partial charge in [-0.2, -0.15) is 0 Å². The molecule has 0 radical (unpaired) electrons. The van der Waals surface area contributed by atoms with Crippen LogP contribution in [0.15, 0.2) is 48.7 Å². The third kappa shape index (κ3) is 9.98. The van der Waals surface area contributed by atoms with Crippen LogP contribution in [0.3, 0.4) is 0 Å². The van der Waals surface area contributed by atoms with Gasteiger partial charge < -0.3 is 14.8 Å². The molecule has 5 nitrogen and oxygen atoms in total. The largest absolute Gasteiger partial charge is 0.462 e. The Bertz CT molecular complexity index is 931. The van der Waals surface area contributed by atoms with Crippen molar-refractivity contribution < 1.29 is 14.3 Å². The Morgan fingerprint density at radius 3 is 2.45 bits per heavy atom. The van der Waals surface area contributed by atoms with Crippen LogP contribution >= 0.6 is 11.6 Å². The molecule has 210 valence electrons. The number of carbonyl (C=O) groups is 1. The molecule has 38 heavy (non-hydrogen) atoms. The molecule has 1 unspecified atom stereocenters. The summed E-state index contributed by atoms with van der Waals surface area (Å²) in [5, 5.41) is 4.10. The van der Waals surface area contributed by atoms with Crippen LogP contribution in [-0.4, -0.2) is 36.3 Å². The van der Waals surface area contributed by atoms with Gasteiger partial charge in [0.15, 0.2) is 0 Å². The van der Waals surface area contributed by atoms with Crippen molar-refractivity contribution in [2.45, 2.75) is 97.4 Å². The van der Waals surface area contributed by atoms with Crippen LogP contribution in [0.25, 0.3) is 0 Å². The van der Waals surface area contributed by atoms with Gasteiger partial charge in [0.2, 0.25) is 0 Å². The van der Waals surface area contributed by atoms with E-state index in [0.717, 1.165) is 61.5 Å². The fraction of sp³-hybridized carbons (Fsp3) is 0.625. The molecule has 6 heteroatoms. The molecule has 1 aromatic heterocycles. The molecule has 2 heterocycles. The molecule has 1 N–H and O–H groups in total. The van der Waals surface area contributed by atoms with Gasteiger partial charge in [-0.15, -0.1) is 0 Å². The SMILES string of the molecule is CCCCC(=O)O[C@H]1C[C@@H](C)CC[C@@H]1C(C)C.Clc1ccc(C(OC2CCNCC2)c2ccccn2)cc1. The molecule has 2 fully saturated rings. The molecule has 0 bridgehead atoms. The summed E-state index contributed by atoms with van der Waals surface area (Å²) in [4.78, 5) is 16.2. The zero-order chi connectivity index (χ0) is 27.3. The lowest BCUT2D eigenvalue weighted by Crippen LogP contribution is -2.35. The Hall–Kier alpha value is -1.95. The van der Waals surface area contributed by atoms with E-state index in [0.29, 0.717) is 24.2 Å². The monoisotopic (exact) mass is 542 g/mol. The first-order valence-electron chi connectivity index (χ1n) is 14.6. The molecule has 2 aromatic rings. The van der Waals surface area contributed by atoms with Gasteiger partial charge in [0.05, 0.1) is 11.8 Å². The average molecular weight is 543 g/mol. The van der Waals surface area contributed by atoms with Gasteiger partial charge in [-0.1, -0.05) is 70.3 Å². The number of rotatable bonds is 9. The number of piperidine rings is 1. The van der Waals surface area contributed by atoms with Gasteiger partial charge in [0.25, 0.3) is 0 Å². The second-order valence-electron chi connectivity index (χ2n) is 11.2. The summed E-state index contributed by atoms with van der Waals surface area (Å²) in [6.45, 7) is 10.9. The van der Waals surface area contributed by atoms with Gasteiger partial charge in [-0.25, -0.2) is 0 Å². The van der Waals surface area contributed by atoms with Crippen molar-refractivity contribution in [1.82, 2.24) is 10.3 Å². The lowest BCUT2D eigenvalue weighted by atomic mass is 9.75. The Morgan fingerprint density at radius 1 is 1.08 bits per heavy atom. The zero-order valence-corrected chi connectivity index (χ0v) is 24.5. The first kappa shape index (κ1) is 30.6. The fourth-order valence-corrected chi connectivity index (χ4v) is 5.54. The minimum atomic E-state index is -0.133. The maximum Gasteiger partial charge on any atom is 0.306 e. The van der Waals surface area contributed by atoms with Crippen molar-refractivity contribution >= 4 is 17.6 Å². The number of benzene rings is 1. The Kier molecular flexibility index (Phi) is 13.1. The Balaban J connectivity index is 0.000000216. The standard InChI is InChI=1S/C17H19ClN2O.C15H28O2/c18-14-6-4-13(5-7-14)17(16-3-1-2-10-20-16)21-15-8-11-19-12-9-15;1-5-6-7-15(16)17-14-10-12(4)8-9-13(14)11(2)3/h1-7,10,15,17,19H,8-9,11-12H2;11-14H,5-10H2,1-4H3/t;12-,13+,14-/m.0/s1. The number of carbonyl (C=O) groups excluding carboxylic acids is 1. The van der Waals surface area contributed by atoms with E-state index in [9.17, 15) is 4.79 Å². The van der Waals surface area contributed by atoms with Crippen molar-refractivity contribution in [3.63, 3.8) is 0 Å². The van der Waals surface area contributed by atoms with Crippen LogP contribution in [0.1, 0.15) is 96.4 Å². The topological polar surface area (TPSA) is 60.5 Å². The molecule has 1 aromatic carbocycles. The number of aromatic nitrogens is 1.